The van der Waals surface area contributed by atoms with Crippen molar-refractivity contribution in [2.75, 3.05) is 4.43 Å². The van der Waals surface area contributed by atoms with Crippen molar-refractivity contribution in [1.82, 2.24) is 0 Å². The molecule has 1 aliphatic heterocycles. The van der Waals surface area contributed by atoms with Crippen LogP contribution in [0.5, 0.6) is 0 Å². The second kappa shape index (κ2) is 2.63. The largest absolute Gasteiger partial charge is 0.371 e. The average molecular weight is 252 g/mol. The zero-order valence-electron chi connectivity index (χ0n) is 6.11. The zero-order chi connectivity index (χ0) is 7.03. The second-order valence-electron chi connectivity index (χ2n) is 3.47. The maximum atomic E-state index is 5.93. The third kappa shape index (κ3) is 1.09. The molecule has 1 saturated carbocycles. The van der Waals surface area contributed by atoms with Crippen molar-refractivity contribution >= 4 is 22.6 Å². The average Bonchev–Trinajstić information content (AvgIpc) is 2.29. The number of rotatable bonds is 1. The molecule has 0 aromatic carbocycles. The summed E-state index contributed by atoms with van der Waals surface area (Å²) < 4.78 is 7.11. The highest BCUT2D eigenvalue weighted by atomic mass is 127. The number of alkyl halides is 1. The van der Waals surface area contributed by atoms with Crippen LogP contribution in [0.1, 0.15) is 32.1 Å². The summed E-state index contributed by atoms with van der Waals surface area (Å²) in [7, 11) is 0. The number of hydrogen-bond acceptors (Lipinski definition) is 1. The van der Waals surface area contributed by atoms with E-state index >= 15 is 0 Å². The van der Waals surface area contributed by atoms with Crippen molar-refractivity contribution in [2.45, 2.75) is 43.8 Å². The van der Waals surface area contributed by atoms with Gasteiger partial charge in [-0.2, -0.15) is 0 Å². The van der Waals surface area contributed by atoms with Gasteiger partial charge in [-0.25, -0.2) is 0 Å². The predicted octanol–water partition coefficient (Wildman–Crippen LogP) is 2.52. The van der Waals surface area contributed by atoms with E-state index in [0.29, 0.717) is 11.7 Å². The molecule has 1 heterocycles. The van der Waals surface area contributed by atoms with Crippen molar-refractivity contribution < 1.29 is 4.74 Å². The molecule has 1 saturated heterocycles. The van der Waals surface area contributed by atoms with E-state index in [1.54, 1.807) is 0 Å². The highest BCUT2D eigenvalue weighted by Gasteiger charge is 2.44. The molecule has 0 N–H and O–H groups in total. The lowest BCUT2D eigenvalue weighted by Crippen LogP contribution is -2.36. The summed E-state index contributed by atoms with van der Waals surface area (Å²) in [6.45, 7) is 0. The van der Waals surface area contributed by atoms with Gasteiger partial charge in [0, 0.05) is 4.43 Å². The van der Waals surface area contributed by atoms with Gasteiger partial charge in [-0.1, -0.05) is 22.6 Å². The molecule has 0 aromatic rings. The smallest absolute Gasteiger partial charge is 0.0687 e. The Bertz CT molecular complexity index is 131. The number of ether oxygens (including phenoxy) is 1. The van der Waals surface area contributed by atoms with E-state index in [9.17, 15) is 0 Å². The van der Waals surface area contributed by atoms with Crippen molar-refractivity contribution in [2.24, 2.45) is 0 Å². The minimum Gasteiger partial charge on any atom is -0.371 e. The summed E-state index contributed by atoms with van der Waals surface area (Å²) in [4.78, 5) is 0. The van der Waals surface area contributed by atoms with E-state index in [2.05, 4.69) is 22.6 Å². The Hall–Kier alpha value is 0.690. The number of halogens is 1. The molecular weight excluding hydrogens is 239 g/mol. The minimum atomic E-state index is 0.385. The Balaban J connectivity index is 1.92. The van der Waals surface area contributed by atoms with Gasteiger partial charge in [0.2, 0.25) is 0 Å². The molecule has 0 unspecified atom stereocenters. The molecule has 10 heavy (non-hydrogen) atoms. The summed E-state index contributed by atoms with van der Waals surface area (Å²) in [5.74, 6) is 0. The first kappa shape index (κ1) is 7.35. The normalized spacial score (nSPS) is 36.3. The maximum absolute atomic E-state index is 5.93. The maximum Gasteiger partial charge on any atom is 0.0687 e. The molecule has 1 spiro atoms. The molecule has 0 radical (unpaired) electrons. The SMILES string of the molecule is IC[C@@H]1CCC2(CCC2)O1. The van der Waals surface area contributed by atoms with Crippen LogP contribution in [0.15, 0.2) is 0 Å². The van der Waals surface area contributed by atoms with Gasteiger partial charge >= 0.3 is 0 Å². The van der Waals surface area contributed by atoms with Gasteiger partial charge in [0.15, 0.2) is 0 Å². The second-order valence-corrected chi connectivity index (χ2v) is 4.35. The molecular formula is C8H13IO. The van der Waals surface area contributed by atoms with Crippen LogP contribution in [0.2, 0.25) is 0 Å². The third-order valence-electron chi connectivity index (χ3n) is 2.78. The molecule has 2 fully saturated rings. The molecule has 1 aliphatic carbocycles. The Labute approximate surface area is 75.7 Å². The highest BCUT2D eigenvalue weighted by molar-refractivity contribution is 14.1. The van der Waals surface area contributed by atoms with Gasteiger partial charge in [0.25, 0.3) is 0 Å². The number of hydrogen-bond donors (Lipinski definition) is 0. The molecule has 0 bridgehead atoms. The first-order valence-electron chi connectivity index (χ1n) is 4.08. The van der Waals surface area contributed by atoms with Crippen molar-refractivity contribution in [3.8, 4) is 0 Å². The van der Waals surface area contributed by atoms with E-state index in [1.807, 2.05) is 0 Å². The Morgan fingerprint density at radius 1 is 1.40 bits per heavy atom. The summed E-state index contributed by atoms with van der Waals surface area (Å²) in [6.07, 6.45) is 7.29. The zero-order valence-corrected chi connectivity index (χ0v) is 8.26. The Morgan fingerprint density at radius 3 is 2.50 bits per heavy atom. The van der Waals surface area contributed by atoms with Crippen molar-refractivity contribution in [3.05, 3.63) is 0 Å². The van der Waals surface area contributed by atoms with E-state index in [0.717, 1.165) is 0 Å². The lowest BCUT2D eigenvalue weighted by molar-refractivity contribution is -0.0831. The molecule has 0 amide bonds. The minimum absolute atomic E-state index is 0.385. The fourth-order valence-electron chi connectivity index (χ4n) is 1.94. The van der Waals surface area contributed by atoms with Gasteiger partial charge < -0.3 is 4.74 Å². The van der Waals surface area contributed by atoms with Crippen LogP contribution in [0.25, 0.3) is 0 Å². The molecule has 58 valence electrons. The lowest BCUT2D eigenvalue weighted by Gasteiger charge is -2.37. The fourth-order valence-corrected chi connectivity index (χ4v) is 2.56. The van der Waals surface area contributed by atoms with Crippen LogP contribution >= 0.6 is 22.6 Å². The molecule has 2 heteroatoms. The van der Waals surface area contributed by atoms with Crippen LogP contribution in [0.4, 0.5) is 0 Å². The monoisotopic (exact) mass is 252 g/mol. The van der Waals surface area contributed by atoms with Gasteiger partial charge in [0.05, 0.1) is 11.7 Å². The highest BCUT2D eigenvalue weighted by Crippen LogP contribution is 2.45. The van der Waals surface area contributed by atoms with Crippen molar-refractivity contribution in [3.63, 3.8) is 0 Å². The van der Waals surface area contributed by atoms with Gasteiger partial charge in [-0.3, -0.25) is 0 Å². The van der Waals surface area contributed by atoms with Crippen molar-refractivity contribution in [1.29, 1.82) is 0 Å². The van der Waals surface area contributed by atoms with Crippen LogP contribution in [-0.4, -0.2) is 16.1 Å². The summed E-state index contributed by atoms with van der Waals surface area (Å²) in [5.41, 5.74) is 0.385. The first-order chi connectivity index (χ1) is 4.85. The summed E-state index contributed by atoms with van der Waals surface area (Å²) in [6, 6.07) is 0. The van der Waals surface area contributed by atoms with Crippen LogP contribution < -0.4 is 0 Å². The summed E-state index contributed by atoms with van der Waals surface area (Å²) in [5, 5.41) is 0. The topological polar surface area (TPSA) is 9.23 Å². The van der Waals surface area contributed by atoms with E-state index < -0.39 is 0 Å². The standard InChI is InChI=1S/C8H13IO/c9-6-7-2-5-8(10-7)3-1-4-8/h7H,1-6H2/t7-/m0/s1. The molecule has 2 rings (SSSR count). The molecule has 0 aromatic heterocycles. The van der Waals surface area contributed by atoms with Crippen LogP contribution in [0, 0.1) is 0 Å². The Kier molecular flexibility index (Phi) is 1.93. The van der Waals surface area contributed by atoms with Crippen LogP contribution in [0.3, 0.4) is 0 Å². The Morgan fingerprint density at radius 2 is 2.20 bits per heavy atom. The van der Waals surface area contributed by atoms with Gasteiger partial charge in [-0.15, -0.1) is 0 Å². The van der Waals surface area contributed by atoms with Gasteiger partial charge in [-0.05, 0) is 32.1 Å². The molecule has 2 aliphatic rings. The van der Waals surface area contributed by atoms with Crippen LogP contribution in [-0.2, 0) is 4.74 Å². The first-order valence-corrected chi connectivity index (χ1v) is 5.61. The lowest BCUT2D eigenvalue weighted by atomic mass is 9.78. The summed E-state index contributed by atoms with van der Waals surface area (Å²) >= 11 is 2.42. The quantitative estimate of drug-likeness (QED) is 0.514. The van der Waals surface area contributed by atoms with Gasteiger partial charge in [0.1, 0.15) is 0 Å². The van der Waals surface area contributed by atoms with E-state index in [1.165, 1.54) is 36.5 Å². The molecule has 1 atom stereocenters. The predicted molar refractivity (Wildman–Crippen MR) is 49.6 cm³/mol. The van der Waals surface area contributed by atoms with E-state index in [-0.39, 0.29) is 0 Å². The third-order valence-corrected chi connectivity index (χ3v) is 3.76. The van der Waals surface area contributed by atoms with E-state index in [4.69, 9.17) is 4.74 Å². The fraction of sp³-hybridized carbons (Fsp3) is 1.00. The molecule has 1 nitrogen and oxygen atoms in total.